The zero-order chi connectivity index (χ0) is 24.2. The van der Waals surface area contributed by atoms with E-state index in [-0.39, 0.29) is 17.2 Å². The number of thioether (sulfide) groups is 1. The summed E-state index contributed by atoms with van der Waals surface area (Å²) in [5.41, 5.74) is 4.32. The topological polar surface area (TPSA) is 64.4 Å². The molecule has 1 amide bonds. The predicted molar refractivity (Wildman–Crippen MR) is 137 cm³/mol. The molecule has 0 aliphatic rings. The minimum Gasteiger partial charge on any atom is -0.497 e. The molecule has 0 aliphatic heterocycles. The van der Waals surface area contributed by atoms with E-state index in [2.05, 4.69) is 0 Å². The van der Waals surface area contributed by atoms with Crippen molar-refractivity contribution < 1.29 is 9.53 Å². The summed E-state index contributed by atoms with van der Waals surface area (Å²) in [5, 5.41) is 1.05. The molecule has 0 bridgehead atoms. The van der Waals surface area contributed by atoms with Gasteiger partial charge in [0.05, 0.1) is 29.5 Å². The fourth-order valence-corrected chi connectivity index (χ4v) is 4.79. The Hall–Kier alpha value is -3.58. The molecule has 3 aromatic carbocycles. The highest BCUT2D eigenvalue weighted by Gasteiger charge is 2.17. The lowest BCUT2D eigenvalue weighted by Crippen LogP contribution is -2.28. The van der Waals surface area contributed by atoms with Crippen molar-refractivity contribution in [2.75, 3.05) is 19.9 Å². The molecule has 7 heteroatoms. The second kappa shape index (κ2) is 10.1. The van der Waals surface area contributed by atoms with Crippen molar-refractivity contribution in [3.63, 3.8) is 0 Å². The Morgan fingerprint density at radius 2 is 1.85 bits per heavy atom. The van der Waals surface area contributed by atoms with E-state index in [1.165, 1.54) is 11.8 Å². The van der Waals surface area contributed by atoms with Crippen LogP contribution in [0.4, 0.5) is 0 Å². The van der Waals surface area contributed by atoms with Crippen LogP contribution in [0.3, 0.4) is 0 Å². The highest BCUT2D eigenvalue weighted by atomic mass is 32.2. The number of hydrogen-bond acceptors (Lipinski definition) is 5. The van der Waals surface area contributed by atoms with Crippen LogP contribution in [0.1, 0.15) is 16.7 Å². The summed E-state index contributed by atoms with van der Waals surface area (Å²) >= 11 is 1.27. The second-order valence-electron chi connectivity index (χ2n) is 8.23. The first kappa shape index (κ1) is 23.6. The van der Waals surface area contributed by atoms with Crippen LogP contribution in [-0.2, 0) is 11.3 Å². The van der Waals surface area contributed by atoms with Crippen LogP contribution >= 0.6 is 11.8 Å². The van der Waals surface area contributed by atoms with Gasteiger partial charge in [0.25, 0.3) is 5.56 Å². The monoisotopic (exact) mass is 473 g/mol. The quantitative estimate of drug-likeness (QED) is 0.286. The Labute approximate surface area is 203 Å². The van der Waals surface area contributed by atoms with Crippen molar-refractivity contribution in [1.82, 2.24) is 14.5 Å². The Balaban J connectivity index is 1.63. The summed E-state index contributed by atoms with van der Waals surface area (Å²) in [6, 6.07) is 20.9. The van der Waals surface area contributed by atoms with Gasteiger partial charge >= 0.3 is 0 Å². The lowest BCUT2D eigenvalue weighted by molar-refractivity contribution is -0.127. The fourth-order valence-electron chi connectivity index (χ4n) is 3.85. The molecule has 0 saturated carbocycles. The van der Waals surface area contributed by atoms with Gasteiger partial charge in [0, 0.05) is 13.6 Å². The number of aryl methyl sites for hydroxylation is 2. The van der Waals surface area contributed by atoms with Crippen molar-refractivity contribution in [2.45, 2.75) is 25.5 Å². The smallest absolute Gasteiger partial charge is 0.266 e. The van der Waals surface area contributed by atoms with Crippen LogP contribution < -0.4 is 10.3 Å². The molecule has 4 rings (SSSR count). The van der Waals surface area contributed by atoms with Gasteiger partial charge in [-0.3, -0.25) is 14.2 Å². The Bertz CT molecular complexity index is 1410. The number of benzene rings is 3. The molecule has 174 valence electrons. The number of methoxy groups -OCH3 is 1. The molecule has 0 unspecified atom stereocenters. The van der Waals surface area contributed by atoms with Crippen LogP contribution in [0.2, 0.25) is 0 Å². The lowest BCUT2D eigenvalue weighted by Gasteiger charge is -2.19. The van der Waals surface area contributed by atoms with Crippen molar-refractivity contribution in [3.05, 3.63) is 93.8 Å². The van der Waals surface area contributed by atoms with Gasteiger partial charge in [0.15, 0.2) is 5.16 Å². The van der Waals surface area contributed by atoms with E-state index in [4.69, 9.17) is 9.72 Å². The van der Waals surface area contributed by atoms with Crippen LogP contribution in [0.15, 0.2) is 76.7 Å². The zero-order valence-electron chi connectivity index (χ0n) is 19.7. The number of hydrogen-bond donors (Lipinski definition) is 0. The summed E-state index contributed by atoms with van der Waals surface area (Å²) in [4.78, 5) is 32.8. The number of amides is 1. The molecule has 1 aromatic heterocycles. The first-order valence-electron chi connectivity index (χ1n) is 11.0. The molecule has 0 fully saturated rings. The van der Waals surface area contributed by atoms with Crippen molar-refractivity contribution in [2.24, 2.45) is 0 Å². The Kier molecular flexibility index (Phi) is 7.03. The van der Waals surface area contributed by atoms with E-state index in [1.807, 2.05) is 74.5 Å². The molecule has 0 N–H and O–H groups in total. The highest BCUT2D eigenvalue weighted by molar-refractivity contribution is 7.99. The Morgan fingerprint density at radius 3 is 2.62 bits per heavy atom. The molecule has 0 saturated heterocycles. The number of rotatable bonds is 7. The maximum atomic E-state index is 13.5. The van der Waals surface area contributed by atoms with Gasteiger partial charge in [-0.05, 0) is 55.3 Å². The molecule has 34 heavy (non-hydrogen) atoms. The molecule has 0 aliphatic carbocycles. The largest absolute Gasteiger partial charge is 0.497 e. The second-order valence-corrected chi connectivity index (χ2v) is 9.17. The maximum absolute atomic E-state index is 13.5. The van der Waals surface area contributed by atoms with Gasteiger partial charge in [-0.1, -0.05) is 53.7 Å². The number of nitrogens with zero attached hydrogens (tertiary/aromatic N) is 3. The minimum atomic E-state index is -0.141. The van der Waals surface area contributed by atoms with Crippen LogP contribution in [0, 0.1) is 13.8 Å². The van der Waals surface area contributed by atoms with Crippen molar-refractivity contribution >= 4 is 28.6 Å². The van der Waals surface area contributed by atoms with Gasteiger partial charge in [0.2, 0.25) is 5.91 Å². The molecule has 6 nitrogen and oxygen atoms in total. The summed E-state index contributed by atoms with van der Waals surface area (Å²) in [5.74, 6) is 0.865. The number of carbonyl (C=O) groups is 1. The van der Waals surface area contributed by atoms with E-state index in [9.17, 15) is 9.59 Å². The van der Waals surface area contributed by atoms with Gasteiger partial charge in [-0.15, -0.1) is 0 Å². The average Bonchev–Trinajstić information content (AvgIpc) is 2.83. The third-order valence-electron chi connectivity index (χ3n) is 5.64. The van der Waals surface area contributed by atoms with E-state index in [0.29, 0.717) is 22.6 Å². The molecule has 0 atom stereocenters. The number of para-hydroxylation sites is 1. The van der Waals surface area contributed by atoms with Crippen LogP contribution in [0.25, 0.3) is 16.6 Å². The number of ether oxygens (including phenoxy) is 1. The van der Waals surface area contributed by atoms with E-state index in [0.717, 1.165) is 28.1 Å². The van der Waals surface area contributed by atoms with Gasteiger partial charge in [0.1, 0.15) is 5.75 Å². The molecule has 0 radical (unpaired) electrons. The number of fused-ring (bicyclic) bond motifs is 1. The summed E-state index contributed by atoms with van der Waals surface area (Å²) in [6.07, 6.45) is 0. The standard InChI is InChI=1S/C27H27N3O3S/c1-18-12-13-24(19(2)14-18)30-26(32)22-10-5-6-11-23(22)28-27(30)34-17-25(31)29(3)16-20-8-7-9-21(15-20)33-4/h5-15H,16-17H2,1-4H3. The Morgan fingerprint density at radius 1 is 1.06 bits per heavy atom. The molecule has 4 aromatic rings. The highest BCUT2D eigenvalue weighted by Crippen LogP contribution is 2.24. The van der Waals surface area contributed by atoms with Gasteiger partial charge in [-0.25, -0.2) is 4.98 Å². The predicted octanol–water partition coefficient (Wildman–Crippen LogP) is 4.76. The SMILES string of the molecule is COc1cccc(CN(C)C(=O)CSc2nc3ccccc3c(=O)n2-c2ccc(C)cc2C)c1. The first-order valence-corrected chi connectivity index (χ1v) is 11.9. The van der Waals surface area contributed by atoms with Crippen molar-refractivity contribution in [3.8, 4) is 11.4 Å². The third kappa shape index (κ3) is 4.99. The van der Waals surface area contributed by atoms with Gasteiger partial charge < -0.3 is 9.64 Å². The van der Waals surface area contributed by atoms with Crippen molar-refractivity contribution in [1.29, 1.82) is 0 Å². The van der Waals surface area contributed by atoms with Crippen LogP contribution in [0.5, 0.6) is 5.75 Å². The normalized spacial score (nSPS) is 10.9. The van der Waals surface area contributed by atoms with E-state index < -0.39 is 0 Å². The maximum Gasteiger partial charge on any atom is 0.266 e. The first-order chi connectivity index (χ1) is 16.4. The molecular formula is C27H27N3O3S. The number of aromatic nitrogens is 2. The molecule has 0 spiro atoms. The molecular weight excluding hydrogens is 446 g/mol. The fraction of sp³-hybridized carbons (Fsp3) is 0.222. The average molecular weight is 474 g/mol. The minimum absolute atomic E-state index is 0.0533. The zero-order valence-corrected chi connectivity index (χ0v) is 20.6. The summed E-state index contributed by atoms with van der Waals surface area (Å²) in [7, 11) is 3.39. The van der Waals surface area contributed by atoms with E-state index >= 15 is 0 Å². The lowest BCUT2D eigenvalue weighted by atomic mass is 10.1. The third-order valence-corrected chi connectivity index (χ3v) is 6.57. The summed E-state index contributed by atoms with van der Waals surface area (Å²) in [6.45, 7) is 4.46. The number of carbonyl (C=O) groups excluding carboxylic acids is 1. The molecule has 1 heterocycles. The van der Waals surface area contributed by atoms with Gasteiger partial charge in [-0.2, -0.15) is 0 Å². The summed E-state index contributed by atoms with van der Waals surface area (Å²) < 4.78 is 6.89. The van der Waals surface area contributed by atoms with Crippen LogP contribution in [-0.4, -0.2) is 40.3 Å². The van der Waals surface area contributed by atoms with E-state index in [1.54, 1.807) is 29.7 Å².